The highest BCUT2D eigenvalue weighted by Crippen LogP contribution is 2.29. The molecule has 2 unspecified atom stereocenters. The lowest BCUT2D eigenvalue weighted by atomic mass is 10.1. The Morgan fingerprint density at radius 1 is 1.50 bits per heavy atom. The van der Waals surface area contributed by atoms with Crippen LogP contribution < -0.4 is 4.90 Å². The Kier molecular flexibility index (Phi) is 3.64. The molecule has 1 saturated heterocycles. The number of anilines is 1. The number of alkyl halides is 1. The van der Waals surface area contributed by atoms with E-state index in [1.807, 2.05) is 0 Å². The Morgan fingerprint density at radius 2 is 2.31 bits per heavy atom. The summed E-state index contributed by atoms with van der Waals surface area (Å²) in [6, 6.07) is 2.50. The van der Waals surface area contributed by atoms with Crippen molar-refractivity contribution >= 4 is 17.4 Å². The molecule has 2 atom stereocenters. The predicted molar refractivity (Wildman–Crippen MR) is 67.0 cm³/mol. The SMILES string of the molecule is CCc1cc(N2CCC(C)C2CCl)ncn1. The molecule has 88 valence electrons. The van der Waals surface area contributed by atoms with Crippen molar-refractivity contribution in [1.29, 1.82) is 0 Å². The molecule has 0 saturated carbocycles. The van der Waals surface area contributed by atoms with E-state index < -0.39 is 0 Å². The van der Waals surface area contributed by atoms with Gasteiger partial charge in [0.05, 0.1) is 0 Å². The van der Waals surface area contributed by atoms with Crippen LogP contribution in [0, 0.1) is 5.92 Å². The van der Waals surface area contributed by atoms with Gasteiger partial charge >= 0.3 is 0 Å². The summed E-state index contributed by atoms with van der Waals surface area (Å²) in [6.07, 6.45) is 3.80. The lowest BCUT2D eigenvalue weighted by molar-refractivity contribution is 0.548. The van der Waals surface area contributed by atoms with Crippen molar-refractivity contribution in [3.63, 3.8) is 0 Å². The van der Waals surface area contributed by atoms with Crippen LogP contribution >= 0.6 is 11.6 Å². The number of nitrogens with zero attached hydrogens (tertiary/aromatic N) is 3. The van der Waals surface area contributed by atoms with Gasteiger partial charge in [0.15, 0.2) is 0 Å². The third kappa shape index (κ3) is 2.14. The van der Waals surface area contributed by atoms with Gasteiger partial charge in [-0.3, -0.25) is 0 Å². The van der Waals surface area contributed by atoms with E-state index in [0.29, 0.717) is 17.8 Å². The summed E-state index contributed by atoms with van der Waals surface area (Å²) in [5, 5.41) is 0. The van der Waals surface area contributed by atoms with Gasteiger partial charge in [-0.1, -0.05) is 13.8 Å². The number of hydrogen-bond acceptors (Lipinski definition) is 3. The van der Waals surface area contributed by atoms with Crippen molar-refractivity contribution in [3.05, 3.63) is 18.1 Å². The molecule has 1 aromatic rings. The summed E-state index contributed by atoms with van der Waals surface area (Å²) in [6.45, 7) is 5.42. The van der Waals surface area contributed by atoms with E-state index in [1.165, 1.54) is 6.42 Å². The second-order valence-corrected chi connectivity index (χ2v) is 4.71. The predicted octanol–water partition coefficient (Wildman–Crippen LogP) is 2.49. The van der Waals surface area contributed by atoms with Crippen LogP contribution in [0.15, 0.2) is 12.4 Å². The molecule has 16 heavy (non-hydrogen) atoms. The molecule has 1 aliphatic rings. The Labute approximate surface area is 102 Å². The normalized spacial score (nSPS) is 25.1. The Balaban J connectivity index is 2.22. The minimum atomic E-state index is 0.418. The zero-order chi connectivity index (χ0) is 11.5. The quantitative estimate of drug-likeness (QED) is 0.759. The molecule has 0 radical (unpaired) electrons. The summed E-state index contributed by atoms with van der Waals surface area (Å²) in [7, 11) is 0. The largest absolute Gasteiger partial charge is 0.352 e. The van der Waals surface area contributed by atoms with Crippen molar-refractivity contribution in [2.45, 2.75) is 32.7 Å². The Bertz CT molecular complexity index is 356. The standard InChI is InChI=1S/C12H18ClN3/c1-3-10-6-12(15-8-14-10)16-5-4-9(2)11(16)7-13/h6,8-9,11H,3-5,7H2,1-2H3. The lowest BCUT2D eigenvalue weighted by Crippen LogP contribution is -2.34. The molecular formula is C12H18ClN3. The second kappa shape index (κ2) is 5.00. The summed E-state index contributed by atoms with van der Waals surface area (Å²) < 4.78 is 0. The molecule has 0 aliphatic carbocycles. The number of aromatic nitrogens is 2. The van der Waals surface area contributed by atoms with Crippen LogP contribution in [0.2, 0.25) is 0 Å². The van der Waals surface area contributed by atoms with E-state index in [2.05, 4.69) is 34.8 Å². The molecule has 2 heterocycles. The fourth-order valence-electron chi connectivity index (χ4n) is 2.26. The fraction of sp³-hybridized carbons (Fsp3) is 0.667. The molecule has 3 nitrogen and oxygen atoms in total. The van der Waals surface area contributed by atoms with Crippen LogP contribution in [0.25, 0.3) is 0 Å². The first-order valence-corrected chi connectivity index (χ1v) is 6.43. The average Bonchev–Trinajstić information content (AvgIpc) is 2.70. The van der Waals surface area contributed by atoms with Crippen molar-refractivity contribution in [1.82, 2.24) is 9.97 Å². The van der Waals surface area contributed by atoms with Gasteiger partial charge in [0, 0.05) is 30.2 Å². The lowest BCUT2D eigenvalue weighted by Gasteiger charge is -2.26. The van der Waals surface area contributed by atoms with E-state index >= 15 is 0 Å². The van der Waals surface area contributed by atoms with E-state index in [4.69, 9.17) is 11.6 Å². The minimum Gasteiger partial charge on any atom is -0.352 e. The third-order valence-electron chi connectivity index (χ3n) is 3.41. The fourth-order valence-corrected chi connectivity index (χ4v) is 2.73. The molecule has 1 aromatic heterocycles. The average molecular weight is 240 g/mol. The van der Waals surface area contributed by atoms with Gasteiger partial charge in [-0.15, -0.1) is 11.6 Å². The molecule has 2 rings (SSSR count). The zero-order valence-corrected chi connectivity index (χ0v) is 10.6. The van der Waals surface area contributed by atoms with Gasteiger partial charge in [0.25, 0.3) is 0 Å². The molecule has 0 amide bonds. The highest BCUT2D eigenvalue weighted by molar-refractivity contribution is 6.18. The third-order valence-corrected chi connectivity index (χ3v) is 3.72. The van der Waals surface area contributed by atoms with Crippen LogP contribution in [0.3, 0.4) is 0 Å². The second-order valence-electron chi connectivity index (χ2n) is 4.40. The number of rotatable bonds is 3. The summed E-state index contributed by atoms with van der Waals surface area (Å²) >= 11 is 6.04. The minimum absolute atomic E-state index is 0.418. The molecule has 0 N–H and O–H groups in total. The van der Waals surface area contributed by atoms with Crippen molar-refractivity contribution in [2.75, 3.05) is 17.3 Å². The maximum atomic E-state index is 6.04. The molecule has 4 heteroatoms. The molecule has 0 aromatic carbocycles. The highest BCUT2D eigenvalue weighted by atomic mass is 35.5. The number of halogens is 1. The van der Waals surface area contributed by atoms with Gasteiger partial charge in [-0.05, 0) is 18.8 Å². The highest BCUT2D eigenvalue weighted by Gasteiger charge is 2.31. The monoisotopic (exact) mass is 239 g/mol. The van der Waals surface area contributed by atoms with Crippen LogP contribution in [-0.4, -0.2) is 28.4 Å². The van der Waals surface area contributed by atoms with Crippen LogP contribution in [-0.2, 0) is 6.42 Å². The van der Waals surface area contributed by atoms with Gasteiger partial charge < -0.3 is 4.90 Å². The number of hydrogen-bond donors (Lipinski definition) is 0. The Hall–Kier alpha value is -0.830. The maximum absolute atomic E-state index is 6.04. The van der Waals surface area contributed by atoms with Crippen molar-refractivity contribution in [2.24, 2.45) is 5.92 Å². The molecule has 1 aliphatic heterocycles. The first-order chi connectivity index (χ1) is 7.76. The zero-order valence-electron chi connectivity index (χ0n) is 9.86. The van der Waals surface area contributed by atoms with Crippen molar-refractivity contribution < 1.29 is 0 Å². The summed E-state index contributed by atoms with van der Waals surface area (Å²) in [5.41, 5.74) is 1.10. The Morgan fingerprint density at radius 3 is 3.00 bits per heavy atom. The topological polar surface area (TPSA) is 29.0 Å². The van der Waals surface area contributed by atoms with Gasteiger partial charge in [0.1, 0.15) is 12.1 Å². The smallest absolute Gasteiger partial charge is 0.132 e. The van der Waals surface area contributed by atoms with Crippen LogP contribution in [0.4, 0.5) is 5.82 Å². The van der Waals surface area contributed by atoms with E-state index in [1.54, 1.807) is 6.33 Å². The van der Waals surface area contributed by atoms with E-state index in [-0.39, 0.29) is 0 Å². The van der Waals surface area contributed by atoms with Crippen LogP contribution in [0.1, 0.15) is 26.0 Å². The number of aryl methyl sites for hydroxylation is 1. The first kappa shape index (κ1) is 11.6. The van der Waals surface area contributed by atoms with Gasteiger partial charge in [0.2, 0.25) is 0 Å². The summed E-state index contributed by atoms with van der Waals surface area (Å²) in [5.74, 6) is 2.35. The molecule has 0 bridgehead atoms. The molecule has 0 spiro atoms. The maximum Gasteiger partial charge on any atom is 0.132 e. The van der Waals surface area contributed by atoms with Gasteiger partial charge in [-0.25, -0.2) is 9.97 Å². The molecular weight excluding hydrogens is 222 g/mol. The van der Waals surface area contributed by atoms with Crippen molar-refractivity contribution in [3.8, 4) is 0 Å². The summed E-state index contributed by atoms with van der Waals surface area (Å²) in [4.78, 5) is 10.9. The van der Waals surface area contributed by atoms with Crippen LogP contribution in [0.5, 0.6) is 0 Å². The van der Waals surface area contributed by atoms with E-state index in [9.17, 15) is 0 Å². The molecule has 1 fully saturated rings. The van der Waals surface area contributed by atoms with E-state index in [0.717, 1.165) is 24.5 Å². The first-order valence-electron chi connectivity index (χ1n) is 5.89. The van der Waals surface area contributed by atoms with Gasteiger partial charge in [-0.2, -0.15) is 0 Å².